The molecule has 0 fully saturated rings. The van der Waals surface area contributed by atoms with E-state index in [9.17, 15) is 13.0 Å². The molecule has 2 aromatic rings. The summed E-state index contributed by atoms with van der Waals surface area (Å²) >= 11 is 0. The summed E-state index contributed by atoms with van der Waals surface area (Å²) in [7, 11) is -4.51. The van der Waals surface area contributed by atoms with Crippen LogP contribution in [0.25, 0.3) is 10.8 Å². The molecule has 0 radical (unpaired) electrons. The zero-order valence-corrected chi connectivity index (χ0v) is 14.4. The Morgan fingerprint density at radius 3 is 2.14 bits per heavy atom. The largest absolute Gasteiger partial charge is 0.744 e. The van der Waals surface area contributed by atoms with E-state index in [0.29, 0.717) is 23.3 Å². The predicted molar refractivity (Wildman–Crippen MR) is 89.0 cm³/mol. The highest BCUT2D eigenvalue weighted by Gasteiger charge is 2.19. The van der Waals surface area contributed by atoms with Gasteiger partial charge in [0.2, 0.25) is 0 Å². The second-order valence-electron chi connectivity index (χ2n) is 6.71. The van der Waals surface area contributed by atoms with Crippen molar-refractivity contribution in [2.75, 3.05) is 0 Å². The van der Waals surface area contributed by atoms with Crippen molar-refractivity contribution in [2.24, 2.45) is 11.8 Å². The first-order valence-corrected chi connectivity index (χ1v) is 9.10. The summed E-state index contributed by atoms with van der Waals surface area (Å²) in [6.07, 6.45) is 1.37. The maximum absolute atomic E-state index is 11.9. The van der Waals surface area contributed by atoms with Crippen LogP contribution >= 0.6 is 0 Å². The molecule has 0 saturated carbocycles. The second-order valence-corrected chi connectivity index (χ2v) is 8.03. The quantitative estimate of drug-likeness (QED) is 0.778. The van der Waals surface area contributed by atoms with Gasteiger partial charge in [0.05, 0.1) is 4.90 Å². The van der Waals surface area contributed by atoms with Crippen molar-refractivity contribution < 1.29 is 13.0 Å². The van der Waals surface area contributed by atoms with E-state index in [4.69, 9.17) is 0 Å². The molecule has 22 heavy (non-hydrogen) atoms. The number of benzene rings is 2. The molecule has 0 unspecified atom stereocenters. The van der Waals surface area contributed by atoms with Gasteiger partial charge in [0, 0.05) is 0 Å². The monoisotopic (exact) mass is 319 g/mol. The standard InChI is InChI=1S/C18H24O3S/c1-12(2)9-15-11-14-7-5-6-8-16(14)18(22(19,20)21)17(15)10-13(3)4/h5-8,11-13H,9-10H2,1-4H3,(H,19,20,21)/p-1. The van der Waals surface area contributed by atoms with E-state index in [1.54, 1.807) is 12.1 Å². The normalized spacial score (nSPS) is 12.5. The Bertz CT molecular complexity index is 774. The molecular formula is C18H23O3S-. The molecule has 3 nitrogen and oxygen atoms in total. The third kappa shape index (κ3) is 3.68. The van der Waals surface area contributed by atoms with Gasteiger partial charge in [-0.05, 0) is 46.6 Å². The zero-order chi connectivity index (χ0) is 16.5. The Labute approximate surface area is 133 Å². The summed E-state index contributed by atoms with van der Waals surface area (Å²) in [4.78, 5) is -0.0186. The summed E-state index contributed by atoms with van der Waals surface area (Å²) in [5.41, 5.74) is 1.69. The maximum atomic E-state index is 11.9. The lowest BCUT2D eigenvalue weighted by Gasteiger charge is -2.22. The smallest absolute Gasteiger partial charge is 0.125 e. The highest BCUT2D eigenvalue weighted by Crippen LogP contribution is 2.32. The van der Waals surface area contributed by atoms with Crippen LogP contribution in [0.4, 0.5) is 0 Å². The zero-order valence-electron chi connectivity index (χ0n) is 13.6. The Balaban J connectivity index is 2.87. The number of hydrogen-bond donors (Lipinski definition) is 0. The fourth-order valence-electron chi connectivity index (χ4n) is 2.95. The van der Waals surface area contributed by atoms with Crippen LogP contribution in [0.1, 0.15) is 38.8 Å². The first kappa shape index (κ1) is 17.0. The Hall–Kier alpha value is -1.39. The van der Waals surface area contributed by atoms with Crippen LogP contribution in [-0.2, 0) is 23.0 Å². The van der Waals surface area contributed by atoms with Crippen molar-refractivity contribution in [2.45, 2.75) is 45.4 Å². The molecule has 0 atom stereocenters. The van der Waals surface area contributed by atoms with Crippen LogP contribution in [0.5, 0.6) is 0 Å². The van der Waals surface area contributed by atoms with Crippen molar-refractivity contribution in [3.63, 3.8) is 0 Å². The van der Waals surface area contributed by atoms with Gasteiger partial charge in [0.15, 0.2) is 0 Å². The molecule has 2 aromatic carbocycles. The van der Waals surface area contributed by atoms with Crippen molar-refractivity contribution in [3.8, 4) is 0 Å². The van der Waals surface area contributed by atoms with E-state index >= 15 is 0 Å². The van der Waals surface area contributed by atoms with E-state index in [1.807, 2.05) is 32.0 Å². The fraction of sp³-hybridized carbons (Fsp3) is 0.444. The van der Waals surface area contributed by atoms with Gasteiger partial charge in [-0.2, -0.15) is 0 Å². The van der Waals surface area contributed by atoms with Crippen LogP contribution in [-0.4, -0.2) is 13.0 Å². The topological polar surface area (TPSA) is 57.2 Å². The third-order valence-corrected chi connectivity index (χ3v) is 4.65. The van der Waals surface area contributed by atoms with Gasteiger partial charge in [-0.3, -0.25) is 0 Å². The summed E-state index contributed by atoms with van der Waals surface area (Å²) < 4.78 is 35.8. The Morgan fingerprint density at radius 2 is 1.59 bits per heavy atom. The predicted octanol–water partition coefficient (Wildman–Crippen LogP) is 4.14. The van der Waals surface area contributed by atoms with E-state index in [1.165, 1.54) is 0 Å². The molecule has 120 valence electrons. The lowest BCUT2D eigenvalue weighted by molar-refractivity contribution is 0.462. The molecule has 0 aliphatic carbocycles. The van der Waals surface area contributed by atoms with Crippen LogP contribution in [0.15, 0.2) is 35.2 Å². The van der Waals surface area contributed by atoms with Gasteiger partial charge in [-0.15, -0.1) is 0 Å². The van der Waals surface area contributed by atoms with Crippen LogP contribution in [0.2, 0.25) is 0 Å². The average molecular weight is 319 g/mol. The Kier molecular flexibility index (Phi) is 4.93. The van der Waals surface area contributed by atoms with Gasteiger partial charge < -0.3 is 4.55 Å². The SMILES string of the molecule is CC(C)Cc1cc2ccccc2c(S(=O)(=O)[O-])c1CC(C)C. The average Bonchev–Trinajstić information content (AvgIpc) is 2.36. The lowest BCUT2D eigenvalue weighted by Crippen LogP contribution is -2.11. The highest BCUT2D eigenvalue weighted by atomic mass is 32.2. The minimum Gasteiger partial charge on any atom is -0.744 e. The molecule has 2 rings (SSSR count). The van der Waals surface area contributed by atoms with Crippen LogP contribution < -0.4 is 0 Å². The van der Waals surface area contributed by atoms with E-state index in [2.05, 4.69) is 13.8 Å². The van der Waals surface area contributed by atoms with Gasteiger partial charge in [-0.25, -0.2) is 8.42 Å². The number of hydrogen-bond acceptors (Lipinski definition) is 3. The minimum atomic E-state index is -4.51. The highest BCUT2D eigenvalue weighted by molar-refractivity contribution is 7.86. The molecule has 0 saturated heterocycles. The lowest BCUT2D eigenvalue weighted by atomic mass is 9.90. The molecule has 0 amide bonds. The molecule has 0 aliphatic heterocycles. The van der Waals surface area contributed by atoms with Crippen LogP contribution in [0.3, 0.4) is 0 Å². The van der Waals surface area contributed by atoms with Gasteiger partial charge in [-0.1, -0.05) is 58.0 Å². The molecule has 0 bridgehead atoms. The summed E-state index contributed by atoms with van der Waals surface area (Å²) in [5, 5.41) is 1.36. The first-order valence-electron chi connectivity index (χ1n) is 7.69. The van der Waals surface area contributed by atoms with Crippen molar-refractivity contribution in [3.05, 3.63) is 41.5 Å². The van der Waals surface area contributed by atoms with Crippen molar-refractivity contribution >= 4 is 20.9 Å². The van der Waals surface area contributed by atoms with E-state index < -0.39 is 10.1 Å². The Morgan fingerprint density at radius 1 is 1.00 bits per heavy atom. The number of fused-ring (bicyclic) bond motifs is 1. The summed E-state index contributed by atoms with van der Waals surface area (Å²) in [6, 6.07) is 9.28. The van der Waals surface area contributed by atoms with Crippen LogP contribution in [0, 0.1) is 11.8 Å². The first-order chi connectivity index (χ1) is 10.2. The van der Waals surface area contributed by atoms with Gasteiger partial charge in [0.25, 0.3) is 0 Å². The molecule has 4 heteroatoms. The third-order valence-electron chi connectivity index (χ3n) is 3.69. The van der Waals surface area contributed by atoms with E-state index in [-0.39, 0.29) is 10.8 Å². The molecule has 0 aliphatic rings. The maximum Gasteiger partial charge on any atom is 0.125 e. The minimum absolute atomic E-state index is 0.0186. The summed E-state index contributed by atoms with van der Waals surface area (Å²) in [6.45, 7) is 8.27. The van der Waals surface area contributed by atoms with Crippen molar-refractivity contribution in [1.82, 2.24) is 0 Å². The second kappa shape index (κ2) is 6.39. The van der Waals surface area contributed by atoms with Gasteiger partial charge >= 0.3 is 0 Å². The molecule has 0 spiro atoms. The molecule has 0 heterocycles. The molecule has 0 aromatic heterocycles. The molecular weight excluding hydrogens is 296 g/mol. The van der Waals surface area contributed by atoms with Gasteiger partial charge in [0.1, 0.15) is 10.1 Å². The number of rotatable bonds is 5. The fourth-order valence-corrected chi connectivity index (χ4v) is 3.92. The molecule has 0 N–H and O–H groups in total. The van der Waals surface area contributed by atoms with Crippen molar-refractivity contribution in [1.29, 1.82) is 0 Å². The summed E-state index contributed by atoms with van der Waals surface area (Å²) in [5.74, 6) is 0.682. The van der Waals surface area contributed by atoms with E-state index in [0.717, 1.165) is 17.4 Å².